The van der Waals surface area contributed by atoms with E-state index in [0.717, 1.165) is 11.3 Å². The maximum atomic E-state index is 13.0. The van der Waals surface area contributed by atoms with Crippen LogP contribution in [0.1, 0.15) is 12.0 Å². The average molecular weight is 353 g/mol. The fourth-order valence-corrected chi connectivity index (χ4v) is 2.26. The topological polar surface area (TPSA) is 82.6 Å². The van der Waals surface area contributed by atoms with Crippen molar-refractivity contribution in [1.29, 1.82) is 0 Å². The predicted molar refractivity (Wildman–Crippen MR) is 90.9 cm³/mol. The minimum Gasteiger partial charge on any atom is -0.487 e. The molecule has 1 atom stereocenters. The van der Waals surface area contributed by atoms with E-state index in [4.69, 9.17) is 15.3 Å². The van der Waals surface area contributed by atoms with Crippen LogP contribution in [0.5, 0.6) is 5.75 Å². The van der Waals surface area contributed by atoms with E-state index in [0.29, 0.717) is 36.6 Å². The Kier molecular flexibility index (Phi) is 6.05. The van der Waals surface area contributed by atoms with Gasteiger partial charge in [-0.25, -0.2) is 4.98 Å². The average Bonchev–Trinajstić information content (AvgIpc) is 3.02. The first kappa shape index (κ1) is 18.1. The summed E-state index contributed by atoms with van der Waals surface area (Å²) in [7, 11) is 0. The molecule has 0 aromatic carbocycles. The highest BCUT2D eigenvalue weighted by molar-refractivity contribution is 5.87. The van der Waals surface area contributed by atoms with Crippen LogP contribution in [-0.2, 0) is 4.84 Å². The molecule has 2 aromatic rings. The highest BCUT2D eigenvalue weighted by atomic mass is 35.5. The molecule has 0 amide bonds. The summed E-state index contributed by atoms with van der Waals surface area (Å²) < 4.78 is 18.8. The molecule has 2 aromatic heterocycles. The summed E-state index contributed by atoms with van der Waals surface area (Å²) in [5, 5.41) is 3.90. The third-order valence-electron chi connectivity index (χ3n) is 3.44. The lowest BCUT2D eigenvalue weighted by Crippen LogP contribution is -2.21. The molecule has 0 aliphatic carbocycles. The molecule has 3 rings (SSSR count). The number of aryl methyl sites for hydroxylation is 1. The van der Waals surface area contributed by atoms with Crippen LogP contribution in [0.4, 0.5) is 4.39 Å². The summed E-state index contributed by atoms with van der Waals surface area (Å²) in [6.07, 6.45) is 3.66. The molecule has 0 radical (unpaired) electrons. The number of halogens is 2. The number of nitrogens with two attached hydrogens (primary N) is 1. The molecule has 3 heterocycles. The summed E-state index contributed by atoms with van der Waals surface area (Å²) in [4.78, 5) is 13.3. The van der Waals surface area contributed by atoms with Crippen LogP contribution in [0.25, 0.3) is 11.3 Å². The van der Waals surface area contributed by atoms with E-state index in [1.165, 1.54) is 12.3 Å². The molecule has 0 spiro atoms. The Balaban J connectivity index is 0.00000208. The summed E-state index contributed by atoms with van der Waals surface area (Å²) in [6.45, 7) is 2.64. The Bertz CT molecular complexity index is 725. The van der Waals surface area contributed by atoms with E-state index in [2.05, 4.69) is 15.1 Å². The Morgan fingerprint density at radius 3 is 2.83 bits per heavy atom. The molecule has 2 N–H and O–H groups in total. The maximum absolute atomic E-state index is 13.0. The van der Waals surface area contributed by atoms with E-state index < -0.39 is 5.95 Å². The van der Waals surface area contributed by atoms with Crippen molar-refractivity contribution in [2.75, 3.05) is 13.2 Å². The first-order chi connectivity index (χ1) is 11.2. The molecule has 0 saturated heterocycles. The zero-order chi connectivity index (χ0) is 16.2. The number of rotatable bonds is 5. The summed E-state index contributed by atoms with van der Waals surface area (Å²) in [5.41, 5.74) is 8.62. The lowest BCUT2D eigenvalue weighted by molar-refractivity contribution is 0.0471. The van der Waals surface area contributed by atoms with E-state index in [9.17, 15) is 4.39 Å². The van der Waals surface area contributed by atoms with Crippen LogP contribution in [0, 0.1) is 12.9 Å². The Morgan fingerprint density at radius 2 is 2.17 bits per heavy atom. The first-order valence-corrected chi connectivity index (χ1v) is 7.28. The van der Waals surface area contributed by atoms with E-state index in [1.54, 1.807) is 12.3 Å². The number of hydrogen-bond donors (Lipinski definition) is 1. The Labute approximate surface area is 145 Å². The van der Waals surface area contributed by atoms with E-state index in [1.807, 2.05) is 13.0 Å². The van der Waals surface area contributed by atoms with Gasteiger partial charge in [0.25, 0.3) is 0 Å². The molecule has 1 unspecified atom stereocenters. The first-order valence-electron chi connectivity index (χ1n) is 7.28. The third-order valence-corrected chi connectivity index (χ3v) is 3.44. The molecule has 8 heteroatoms. The fourth-order valence-electron chi connectivity index (χ4n) is 2.26. The van der Waals surface area contributed by atoms with Crippen LogP contribution < -0.4 is 10.5 Å². The zero-order valence-corrected chi connectivity index (χ0v) is 13.9. The molecule has 24 heavy (non-hydrogen) atoms. The van der Waals surface area contributed by atoms with Crippen LogP contribution in [-0.4, -0.2) is 34.9 Å². The van der Waals surface area contributed by atoms with Crippen molar-refractivity contribution in [2.24, 2.45) is 10.9 Å². The van der Waals surface area contributed by atoms with Gasteiger partial charge in [0, 0.05) is 30.9 Å². The minimum absolute atomic E-state index is 0. The van der Waals surface area contributed by atoms with E-state index in [-0.39, 0.29) is 18.5 Å². The molecule has 6 nitrogen and oxygen atoms in total. The van der Waals surface area contributed by atoms with Crippen molar-refractivity contribution < 1.29 is 14.0 Å². The van der Waals surface area contributed by atoms with Crippen molar-refractivity contribution >= 4 is 18.1 Å². The monoisotopic (exact) mass is 352 g/mol. The largest absolute Gasteiger partial charge is 0.487 e. The second kappa shape index (κ2) is 8.03. The quantitative estimate of drug-likeness (QED) is 0.836. The predicted octanol–water partition coefficient (Wildman–Crippen LogP) is 2.50. The van der Waals surface area contributed by atoms with Gasteiger partial charge in [0.05, 0.1) is 5.71 Å². The fraction of sp³-hybridized carbons (Fsp3) is 0.312. The number of hydrogen-bond acceptors (Lipinski definition) is 6. The molecule has 1 aliphatic rings. The molecule has 0 saturated carbocycles. The molecular weight excluding hydrogens is 335 g/mol. The van der Waals surface area contributed by atoms with Crippen molar-refractivity contribution in [3.05, 3.63) is 42.1 Å². The van der Waals surface area contributed by atoms with Gasteiger partial charge in [0.2, 0.25) is 5.95 Å². The Hall–Kier alpha value is -2.25. The van der Waals surface area contributed by atoms with Gasteiger partial charge in [-0.3, -0.25) is 4.98 Å². The lowest BCUT2D eigenvalue weighted by Gasteiger charge is -2.14. The van der Waals surface area contributed by atoms with Gasteiger partial charge in [-0.05, 0) is 30.7 Å². The number of nitrogens with zero attached hydrogens (tertiary/aromatic N) is 3. The number of ether oxygens (including phenoxy) is 1. The second-order valence-electron chi connectivity index (χ2n) is 5.33. The SMILES string of the molecule is Cc1cnc(-c2ccc(F)nc2)c(OCC2CC(CN)=NO2)c1.Cl. The van der Waals surface area contributed by atoms with Gasteiger partial charge in [-0.2, -0.15) is 4.39 Å². The standard InChI is InChI=1S/C16H17FN4O2.ClH/c1-10-4-14(22-9-13-5-12(6-18)21-23-13)16(20-7-10)11-2-3-15(17)19-8-11;/h2-4,7-8,13H,5-6,9,18H2,1H3;1H. The van der Waals surface area contributed by atoms with Crippen molar-refractivity contribution in [1.82, 2.24) is 9.97 Å². The highest BCUT2D eigenvalue weighted by Gasteiger charge is 2.21. The smallest absolute Gasteiger partial charge is 0.212 e. The second-order valence-corrected chi connectivity index (χ2v) is 5.33. The third kappa shape index (κ3) is 4.18. The van der Waals surface area contributed by atoms with Gasteiger partial charge < -0.3 is 15.3 Å². The number of aromatic nitrogens is 2. The highest BCUT2D eigenvalue weighted by Crippen LogP contribution is 2.28. The number of pyridine rings is 2. The van der Waals surface area contributed by atoms with Gasteiger partial charge >= 0.3 is 0 Å². The van der Waals surface area contributed by atoms with Crippen molar-refractivity contribution in [2.45, 2.75) is 19.4 Å². The molecular formula is C16H18ClFN4O2. The van der Waals surface area contributed by atoms with Gasteiger partial charge in [-0.15, -0.1) is 12.4 Å². The van der Waals surface area contributed by atoms with Gasteiger partial charge in [-0.1, -0.05) is 5.16 Å². The van der Waals surface area contributed by atoms with Gasteiger partial charge in [0.1, 0.15) is 18.1 Å². The zero-order valence-electron chi connectivity index (χ0n) is 13.1. The normalized spacial score (nSPS) is 16.1. The van der Waals surface area contributed by atoms with Crippen LogP contribution in [0.15, 0.2) is 35.7 Å². The van der Waals surface area contributed by atoms with E-state index >= 15 is 0 Å². The lowest BCUT2D eigenvalue weighted by atomic mass is 10.1. The van der Waals surface area contributed by atoms with Crippen molar-refractivity contribution in [3.63, 3.8) is 0 Å². The van der Waals surface area contributed by atoms with Crippen LogP contribution >= 0.6 is 12.4 Å². The molecule has 0 bridgehead atoms. The summed E-state index contributed by atoms with van der Waals surface area (Å²) in [6, 6.07) is 4.79. The van der Waals surface area contributed by atoms with Crippen LogP contribution in [0.3, 0.4) is 0 Å². The summed E-state index contributed by atoms with van der Waals surface area (Å²) >= 11 is 0. The van der Waals surface area contributed by atoms with Gasteiger partial charge in [0.15, 0.2) is 6.10 Å². The minimum atomic E-state index is -0.533. The molecule has 1 aliphatic heterocycles. The maximum Gasteiger partial charge on any atom is 0.212 e. The Morgan fingerprint density at radius 1 is 1.33 bits per heavy atom. The molecule has 128 valence electrons. The van der Waals surface area contributed by atoms with Crippen molar-refractivity contribution in [3.8, 4) is 17.0 Å². The van der Waals surface area contributed by atoms with Crippen LogP contribution in [0.2, 0.25) is 0 Å². The molecule has 0 fully saturated rings. The number of oxime groups is 1. The summed E-state index contributed by atoms with van der Waals surface area (Å²) in [5.74, 6) is 0.0670.